The van der Waals surface area contributed by atoms with Crippen LogP contribution in [0, 0.1) is 6.92 Å². The molecule has 2 heteroatoms. The Morgan fingerprint density at radius 1 is 0.244 bits per heavy atom. The number of benzene rings is 13. The standard InChI is InChI=1S/C80H60N2/c1-55-22-20-37-77-79(55)72-51-50-67(52-78(72)80(77,2)3)82(65-44-38-59(39-45-65)69-34-18-19-35-70(69)71-36-21-28-56-27-16-17-33-68(56)71)66-48-42-61(43-49-66)76-54-73(57-23-8-4-9-24-57)75(53-74(76)58-25-10-5-11-26-58)60-40-46-64(47-41-60)81(62-29-12-6-13-30-62)63-31-14-7-15-32-63/h4-54H,1-3H3. The van der Waals surface area contributed by atoms with Crippen LogP contribution in [-0.4, -0.2) is 0 Å². The minimum atomic E-state index is -0.166. The second-order valence-electron chi connectivity index (χ2n) is 22.1. The van der Waals surface area contributed by atoms with Crippen LogP contribution in [0.4, 0.5) is 34.1 Å². The molecule has 0 atom stereocenters. The molecule has 0 amide bonds. The zero-order valence-corrected chi connectivity index (χ0v) is 46.3. The molecular weight excluding hydrogens is 989 g/mol. The van der Waals surface area contributed by atoms with Crippen molar-refractivity contribution in [3.05, 3.63) is 326 Å². The minimum absolute atomic E-state index is 0.166. The highest BCUT2D eigenvalue weighted by atomic mass is 15.1. The van der Waals surface area contributed by atoms with Gasteiger partial charge >= 0.3 is 0 Å². The molecule has 0 unspecified atom stereocenters. The molecule has 82 heavy (non-hydrogen) atoms. The fourth-order valence-electron chi connectivity index (χ4n) is 12.7. The molecule has 1 aliphatic carbocycles. The summed E-state index contributed by atoms with van der Waals surface area (Å²) in [4.78, 5) is 4.76. The van der Waals surface area contributed by atoms with Crippen molar-refractivity contribution in [3.8, 4) is 77.9 Å². The van der Waals surface area contributed by atoms with Gasteiger partial charge in [-0.05, 0) is 197 Å². The molecule has 0 aliphatic heterocycles. The van der Waals surface area contributed by atoms with E-state index in [-0.39, 0.29) is 5.41 Å². The summed E-state index contributed by atoms with van der Waals surface area (Å²) in [6.07, 6.45) is 0. The molecule has 13 aromatic rings. The van der Waals surface area contributed by atoms with E-state index in [1.54, 1.807) is 0 Å². The van der Waals surface area contributed by atoms with Crippen LogP contribution in [0.3, 0.4) is 0 Å². The van der Waals surface area contributed by atoms with Gasteiger partial charge in [0, 0.05) is 39.5 Å². The first-order chi connectivity index (χ1) is 40.4. The summed E-state index contributed by atoms with van der Waals surface area (Å²) in [7, 11) is 0. The lowest BCUT2D eigenvalue weighted by Crippen LogP contribution is -2.16. The highest BCUT2D eigenvalue weighted by Gasteiger charge is 2.37. The van der Waals surface area contributed by atoms with Crippen LogP contribution in [0.1, 0.15) is 30.5 Å². The first-order valence-electron chi connectivity index (χ1n) is 28.5. The van der Waals surface area contributed by atoms with Crippen LogP contribution >= 0.6 is 0 Å². The molecule has 0 N–H and O–H groups in total. The fraction of sp³-hybridized carbons (Fsp3) is 0.0500. The zero-order valence-electron chi connectivity index (χ0n) is 46.3. The highest BCUT2D eigenvalue weighted by Crippen LogP contribution is 2.52. The molecule has 0 saturated carbocycles. The number of para-hydroxylation sites is 2. The molecule has 13 aromatic carbocycles. The lowest BCUT2D eigenvalue weighted by Gasteiger charge is -2.28. The number of fused-ring (bicyclic) bond motifs is 4. The van der Waals surface area contributed by atoms with Crippen molar-refractivity contribution in [1.29, 1.82) is 0 Å². The number of rotatable bonds is 12. The lowest BCUT2D eigenvalue weighted by atomic mass is 9.82. The van der Waals surface area contributed by atoms with Crippen molar-refractivity contribution >= 4 is 44.9 Å². The maximum atomic E-state index is 2.44. The van der Waals surface area contributed by atoms with Gasteiger partial charge in [-0.1, -0.05) is 238 Å². The molecule has 0 heterocycles. The van der Waals surface area contributed by atoms with E-state index in [0.717, 1.165) is 45.3 Å². The monoisotopic (exact) mass is 1050 g/mol. The summed E-state index contributed by atoms with van der Waals surface area (Å²) in [5.41, 5.74) is 27.3. The van der Waals surface area contributed by atoms with E-state index in [0.29, 0.717) is 0 Å². The molecule has 14 rings (SSSR count). The van der Waals surface area contributed by atoms with Crippen LogP contribution in [0.15, 0.2) is 309 Å². The molecule has 0 aromatic heterocycles. The molecule has 2 nitrogen and oxygen atoms in total. The second-order valence-corrected chi connectivity index (χ2v) is 22.1. The number of anilines is 6. The summed E-state index contributed by atoms with van der Waals surface area (Å²) in [5, 5.41) is 2.49. The predicted octanol–water partition coefficient (Wildman–Crippen LogP) is 22.4. The first kappa shape index (κ1) is 50.0. The SMILES string of the molecule is Cc1cccc2c1-c1ccc(N(c3ccc(-c4cc(-c5ccccc5)c(-c5ccc(N(c6ccccc6)c6ccccc6)cc5)cc4-c4ccccc4)cc3)c3ccc(-c4ccccc4-c4cccc5ccccc45)cc3)cc1C2(C)C. The normalized spacial score (nSPS) is 12.2. The van der Waals surface area contributed by atoms with Gasteiger partial charge in [-0.15, -0.1) is 0 Å². The molecular formula is C80H60N2. The summed E-state index contributed by atoms with van der Waals surface area (Å²) in [6.45, 7) is 7.00. The van der Waals surface area contributed by atoms with E-state index in [4.69, 9.17) is 0 Å². The third kappa shape index (κ3) is 9.05. The van der Waals surface area contributed by atoms with Crippen LogP contribution in [0.2, 0.25) is 0 Å². The van der Waals surface area contributed by atoms with Gasteiger partial charge in [-0.25, -0.2) is 0 Å². The number of hydrogen-bond donors (Lipinski definition) is 0. The van der Waals surface area contributed by atoms with Gasteiger partial charge in [0.15, 0.2) is 0 Å². The van der Waals surface area contributed by atoms with E-state index in [9.17, 15) is 0 Å². The van der Waals surface area contributed by atoms with Crippen LogP contribution < -0.4 is 9.80 Å². The van der Waals surface area contributed by atoms with E-state index >= 15 is 0 Å². The van der Waals surface area contributed by atoms with Crippen LogP contribution in [0.5, 0.6) is 0 Å². The molecule has 390 valence electrons. The van der Waals surface area contributed by atoms with Gasteiger partial charge in [0.05, 0.1) is 0 Å². The van der Waals surface area contributed by atoms with E-state index in [2.05, 4.69) is 340 Å². The van der Waals surface area contributed by atoms with E-state index < -0.39 is 0 Å². The Labute approximate surface area is 482 Å². The number of aryl methyl sites for hydroxylation is 1. The summed E-state index contributed by atoms with van der Waals surface area (Å²) >= 11 is 0. The van der Waals surface area contributed by atoms with Crippen molar-refractivity contribution < 1.29 is 0 Å². The Hall–Kier alpha value is -10.3. The lowest BCUT2D eigenvalue weighted by molar-refractivity contribution is 0.660. The Kier molecular flexibility index (Phi) is 12.8. The predicted molar refractivity (Wildman–Crippen MR) is 348 cm³/mol. The molecule has 0 fully saturated rings. The van der Waals surface area contributed by atoms with Crippen molar-refractivity contribution in [2.45, 2.75) is 26.2 Å². The molecule has 0 radical (unpaired) electrons. The maximum Gasteiger partial charge on any atom is 0.0465 e. The van der Waals surface area contributed by atoms with Crippen molar-refractivity contribution in [3.63, 3.8) is 0 Å². The first-order valence-corrected chi connectivity index (χ1v) is 28.5. The van der Waals surface area contributed by atoms with E-state index in [1.165, 1.54) is 94.2 Å². The van der Waals surface area contributed by atoms with Crippen molar-refractivity contribution in [2.75, 3.05) is 9.80 Å². The zero-order chi connectivity index (χ0) is 55.2. The van der Waals surface area contributed by atoms with Gasteiger partial charge in [-0.2, -0.15) is 0 Å². The minimum Gasteiger partial charge on any atom is -0.311 e. The summed E-state index contributed by atoms with van der Waals surface area (Å²) in [6, 6.07) is 113. The topological polar surface area (TPSA) is 6.48 Å². The molecule has 1 aliphatic rings. The number of hydrogen-bond acceptors (Lipinski definition) is 2. The van der Waals surface area contributed by atoms with Gasteiger partial charge < -0.3 is 9.80 Å². The fourth-order valence-corrected chi connectivity index (χ4v) is 12.7. The number of nitrogens with zero attached hydrogens (tertiary/aromatic N) is 2. The maximum absolute atomic E-state index is 2.44. The molecule has 0 saturated heterocycles. The molecule has 0 bridgehead atoms. The third-order valence-corrected chi connectivity index (χ3v) is 16.8. The van der Waals surface area contributed by atoms with Gasteiger partial charge in [0.25, 0.3) is 0 Å². The highest BCUT2D eigenvalue weighted by molar-refractivity contribution is 6.01. The second kappa shape index (κ2) is 21.1. The average molecular weight is 1050 g/mol. The van der Waals surface area contributed by atoms with Gasteiger partial charge in [-0.3, -0.25) is 0 Å². The largest absolute Gasteiger partial charge is 0.311 e. The van der Waals surface area contributed by atoms with Crippen LogP contribution in [0.25, 0.3) is 88.7 Å². The summed E-state index contributed by atoms with van der Waals surface area (Å²) in [5.74, 6) is 0. The average Bonchev–Trinajstić information content (AvgIpc) is 3.25. The van der Waals surface area contributed by atoms with Gasteiger partial charge in [0.1, 0.15) is 0 Å². The van der Waals surface area contributed by atoms with Gasteiger partial charge in [0.2, 0.25) is 0 Å². The van der Waals surface area contributed by atoms with E-state index in [1.807, 2.05) is 0 Å². The molecule has 0 spiro atoms. The Bertz CT molecular complexity index is 4390. The Balaban J connectivity index is 0.888. The Morgan fingerprint density at radius 3 is 1.16 bits per heavy atom. The van der Waals surface area contributed by atoms with Crippen LogP contribution in [-0.2, 0) is 5.41 Å². The smallest absolute Gasteiger partial charge is 0.0465 e. The quantitative estimate of drug-likeness (QED) is 0.120. The third-order valence-electron chi connectivity index (χ3n) is 16.8. The van der Waals surface area contributed by atoms with Crippen molar-refractivity contribution in [1.82, 2.24) is 0 Å². The van der Waals surface area contributed by atoms with Crippen molar-refractivity contribution in [2.24, 2.45) is 0 Å². The Morgan fingerprint density at radius 2 is 0.622 bits per heavy atom. The summed E-state index contributed by atoms with van der Waals surface area (Å²) < 4.78 is 0.